The number of carbonyl (C=O) groups is 1. The van der Waals surface area contributed by atoms with Crippen molar-refractivity contribution in [3.63, 3.8) is 0 Å². The summed E-state index contributed by atoms with van der Waals surface area (Å²) in [7, 11) is 0. The third-order valence-electron chi connectivity index (χ3n) is 3.63. The number of aromatic hydroxyl groups is 1. The highest BCUT2D eigenvalue weighted by Gasteiger charge is 2.12. The van der Waals surface area contributed by atoms with E-state index in [-0.39, 0.29) is 17.9 Å². The van der Waals surface area contributed by atoms with E-state index >= 15 is 0 Å². The number of para-hydroxylation sites is 1. The Kier molecular flexibility index (Phi) is 3.85. The van der Waals surface area contributed by atoms with E-state index in [1.807, 2.05) is 24.3 Å². The molecule has 0 aliphatic rings. The number of aromatic carboxylic acids is 1. The van der Waals surface area contributed by atoms with Gasteiger partial charge in [-0.05, 0) is 37.3 Å². The van der Waals surface area contributed by atoms with Crippen molar-refractivity contribution in [3.8, 4) is 11.5 Å². The van der Waals surface area contributed by atoms with E-state index in [9.17, 15) is 9.90 Å². The molecule has 3 rings (SSSR count). The lowest BCUT2D eigenvalue weighted by molar-refractivity contribution is 0.0697. The van der Waals surface area contributed by atoms with Crippen LogP contribution in [0.15, 0.2) is 48.5 Å². The summed E-state index contributed by atoms with van der Waals surface area (Å²) in [6.07, 6.45) is 0. The number of carboxylic acids is 1. The van der Waals surface area contributed by atoms with Gasteiger partial charge in [0.2, 0.25) is 0 Å². The molecule has 5 nitrogen and oxygen atoms in total. The summed E-state index contributed by atoms with van der Waals surface area (Å²) in [4.78, 5) is 15.2. The molecule has 116 valence electrons. The molecule has 0 amide bonds. The quantitative estimate of drug-likeness (QED) is 0.770. The van der Waals surface area contributed by atoms with Crippen LogP contribution in [-0.2, 0) is 6.61 Å². The summed E-state index contributed by atoms with van der Waals surface area (Å²) in [5.41, 5.74) is 2.20. The standard InChI is InChI=1S/C18H15NO4/c1-11-17(20)15(14-4-2-3-5-16(14)19-11)10-23-13-8-6-12(7-9-13)18(21)22/h2-9,20H,10H2,1H3,(H,21,22). The van der Waals surface area contributed by atoms with E-state index in [0.717, 1.165) is 10.9 Å². The average molecular weight is 309 g/mol. The number of ether oxygens (including phenoxy) is 1. The molecule has 3 aromatic rings. The lowest BCUT2D eigenvalue weighted by atomic mass is 10.1. The van der Waals surface area contributed by atoms with E-state index in [2.05, 4.69) is 4.98 Å². The number of aryl methyl sites for hydroxylation is 1. The second-order valence-corrected chi connectivity index (χ2v) is 5.16. The summed E-state index contributed by atoms with van der Waals surface area (Å²) < 4.78 is 5.69. The number of fused-ring (bicyclic) bond motifs is 1. The Morgan fingerprint density at radius 3 is 2.52 bits per heavy atom. The molecule has 0 bridgehead atoms. The van der Waals surface area contributed by atoms with Crippen LogP contribution in [0.4, 0.5) is 0 Å². The third kappa shape index (κ3) is 2.94. The Hall–Kier alpha value is -3.08. The number of pyridine rings is 1. The number of rotatable bonds is 4. The van der Waals surface area contributed by atoms with Gasteiger partial charge in [0.15, 0.2) is 0 Å². The maximum Gasteiger partial charge on any atom is 0.335 e. The molecule has 0 unspecified atom stereocenters. The van der Waals surface area contributed by atoms with Crippen molar-refractivity contribution < 1.29 is 19.7 Å². The first-order valence-electron chi connectivity index (χ1n) is 7.09. The molecule has 0 fully saturated rings. The van der Waals surface area contributed by atoms with Gasteiger partial charge in [-0.3, -0.25) is 0 Å². The fourth-order valence-electron chi connectivity index (χ4n) is 2.40. The summed E-state index contributed by atoms with van der Waals surface area (Å²) in [6.45, 7) is 1.91. The minimum absolute atomic E-state index is 0.117. The van der Waals surface area contributed by atoms with E-state index < -0.39 is 5.97 Å². The van der Waals surface area contributed by atoms with Crippen LogP contribution in [-0.4, -0.2) is 21.2 Å². The zero-order chi connectivity index (χ0) is 16.4. The predicted molar refractivity (Wildman–Crippen MR) is 85.9 cm³/mol. The molecule has 1 heterocycles. The molecule has 1 aromatic heterocycles. The first kappa shape index (κ1) is 14.8. The maximum atomic E-state index is 10.8. The monoisotopic (exact) mass is 309 g/mol. The fraction of sp³-hybridized carbons (Fsp3) is 0.111. The first-order valence-corrected chi connectivity index (χ1v) is 7.09. The van der Waals surface area contributed by atoms with Crippen molar-refractivity contribution in [3.05, 3.63) is 65.4 Å². The number of benzene rings is 2. The molecule has 2 aromatic carbocycles. The highest BCUT2D eigenvalue weighted by molar-refractivity contribution is 5.87. The van der Waals surface area contributed by atoms with Crippen LogP contribution in [0.25, 0.3) is 10.9 Å². The summed E-state index contributed by atoms with van der Waals surface area (Å²) in [6, 6.07) is 13.7. The van der Waals surface area contributed by atoms with Crippen LogP contribution in [0.5, 0.6) is 11.5 Å². The van der Waals surface area contributed by atoms with Crippen LogP contribution >= 0.6 is 0 Å². The molecule has 0 saturated carbocycles. The predicted octanol–water partition coefficient (Wildman–Crippen LogP) is 3.53. The highest BCUT2D eigenvalue weighted by Crippen LogP contribution is 2.29. The van der Waals surface area contributed by atoms with E-state index in [4.69, 9.17) is 9.84 Å². The normalized spacial score (nSPS) is 10.7. The Balaban J connectivity index is 1.89. The van der Waals surface area contributed by atoms with Crippen molar-refractivity contribution >= 4 is 16.9 Å². The Bertz CT molecular complexity index is 872. The van der Waals surface area contributed by atoms with Gasteiger partial charge in [-0.25, -0.2) is 9.78 Å². The molecular formula is C18H15NO4. The Morgan fingerprint density at radius 1 is 1.13 bits per heavy atom. The molecule has 5 heteroatoms. The average Bonchev–Trinajstić information content (AvgIpc) is 2.55. The Morgan fingerprint density at radius 2 is 1.83 bits per heavy atom. The Labute approximate surface area is 132 Å². The van der Waals surface area contributed by atoms with Crippen molar-refractivity contribution in [2.24, 2.45) is 0 Å². The number of hydrogen-bond donors (Lipinski definition) is 2. The van der Waals surface area contributed by atoms with Gasteiger partial charge in [-0.2, -0.15) is 0 Å². The van der Waals surface area contributed by atoms with Gasteiger partial charge in [0, 0.05) is 10.9 Å². The van der Waals surface area contributed by atoms with Crippen molar-refractivity contribution in [1.82, 2.24) is 4.98 Å². The summed E-state index contributed by atoms with van der Waals surface area (Å²) in [5.74, 6) is -0.330. The van der Waals surface area contributed by atoms with Crippen LogP contribution in [0.3, 0.4) is 0 Å². The number of aromatic nitrogens is 1. The maximum absolute atomic E-state index is 10.8. The van der Waals surface area contributed by atoms with Gasteiger partial charge in [-0.15, -0.1) is 0 Å². The molecule has 23 heavy (non-hydrogen) atoms. The van der Waals surface area contributed by atoms with Gasteiger partial charge in [0.1, 0.15) is 18.1 Å². The van der Waals surface area contributed by atoms with Gasteiger partial charge in [-0.1, -0.05) is 18.2 Å². The van der Waals surface area contributed by atoms with Gasteiger partial charge in [0.25, 0.3) is 0 Å². The molecule has 2 N–H and O–H groups in total. The molecule has 0 radical (unpaired) electrons. The summed E-state index contributed by atoms with van der Waals surface area (Å²) in [5, 5.41) is 20.0. The second-order valence-electron chi connectivity index (χ2n) is 5.16. The third-order valence-corrected chi connectivity index (χ3v) is 3.63. The fourth-order valence-corrected chi connectivity index (χ4v) is 2.40. The lowest BCUT2D eigenvalue weighted by Gasteiger charge is -2.12. The van der Waals surface area contributed by atoms with Crippen molar-refractivity contribution in [2.75, 3.05) is 0 Å². The van der Waals surface area contributed by atoms with Crippen molar-refractivity contribution in [1.29, 1.82) is 0 Å². The van der Waals surface area contributed by atoms with Gasteiger partial charge < -0.3 is 14.9 Å². The highest BCUT2D eigenvalue weighted by atomic mass is 16.5. The minimum Gasteiger partial charge on any atom is -0.506 e. The van der Waals surface area contributed by atoms with E-state index in [1.54, 1.807) is 19.1 Å². The van der Waals surface area contributed by atoms with Gasteiger partial charge >= 0.3 is 5.97 Å². The van der Waals surface area contributed by atoms with Crippen molar-refractivity contribution in [2.45, 2.75) is 13.5 Å². The topological polar surface area (TPSA) is 79.7 Å². The minimum atomic E-state index is -0.982. The largest absolute Gasteiger partial charge is 0.506 e. The number of hydrogen-bond acceptors (Lipinski definition) is 4. The first-order chi connectivity index (χ1) is 11.1. The van der Waals surface area contributed by atoms with Crippen LogP contribution in [0.2, 0.25) is 0 Å². The zero-order valence-corrected chi connectivity index (χ0v) is 12.5. The second kappa shape index (κ2) is 5.96. The molecule has 0 spiro atoms. The molecule has 0 atom stereocenters. The summed E-state index contributed by atoms with van der Waals surface area (Å²) >= 11 is 0. The van der Waals surface area contributed by atoms with Crippen LogP contribution in [0, 0.1) is 6.92 Å². The number of nitrogens with zero attached hydrogens (tertiary/aromatic N) is 1. The van der Waals surface area contributed by atoms with Crippen LogP contribution < -0.4 is 4.74 Å². The van der Waals surface area contributed by atoms with E-state index in [0.29, 0.717) is 17.0 Å². The van der Waals surface area contributed by atoms with E-state index in [1.165, 1.54) is 12.1 Å². The van der Waals surface area contributed by atoms with Crippen LogP contribution in [0.1, 0.15) is 21.6 Å². The molecular weight excluding hydrogens is 294 g/mol. The zero-order valence-electron chi connectivity index (χ0n) is 12.5. The SMILES string of the molecule is Cc1nc2ccccc2c(COc2ccc(C(=O)O)cc2)c1O. The molecule has 0 aliphatic heterocycles. The molecule has 0 saturated heterocycles. The van der Waals surface area contributed by atoms with Gasteiger partial charge in [0.05, 0.1) is 16.8 Å². The number of carboxylic acid groups (broad SMARTS) is 1. The molecule has 0 aliphatic carbocycles. The smallest absolute Gasteiger partial charge is 0.335 e. The lowest BCUT2D eigenvalue weighted by Crippen LogP contribution is -2.01.